The number of nitrogens with one attached hydrogen (secondary N) is 1. The molecule has 26 heavy (non-hydrogen) atoms. The third-order valence-electron chi connectivity index (χ3n) is 5.18. The van der Waals surface area contributed by atoms with Crippen molar-refractivity contribution in [1.82, 2.24) is 19.7 Å². The number of fused-ring (bicyclic) bond motifs is 2. The predicted molar refractivity (Wildman–Crippen MR) is 96.9 cm³/mol. The summed E-state index contributed by atoms with van der Waals surface area (Å²) in [4.78, 5) is 24.1. The van der Waals surface area contributed by atoms with Crippen LogP contribution in [-0.2, 0) is 13.6 Å². The Morgan fingerprint density at radius 2 is 2.12 bits per heavy atom. The smallest absolute Gasteiger partial charge is 0.262 e. The van der Waals surface area contributed by atoms with Crippen LogP contribution in [0.5, 0.6) is 0 Å². The van der Waals surface area contributed by atoms with E-state index in [-0.39, 0.29) is 11.4 Å². The summed E-state index contributed by atoms with van der Waals surface area (Å²) in [6, 6.07) is 5.45. The lowest BCUT2D eigenvalue weighted by atomic mass is 10.1. The van der Waals surface area contributed by atoms with Crippen LogP contribution in [0.3, 0.4) is 0 Å². The second kappa shape index (κ2) is 5.55. The molecule has 0 bridgehead atoms. The van der Waals surface area contributed by atoms with E-state index < -0.39 is 0 Å². The molecule has 7 nitrogen and oxygen atoms in total. The molecule has 0 saturated heterocycles. The number of rotatable bonds is 3. The van der Waals surface area contributed by atoms with Crippen molar-refractivity contribution in [2.75, 3.05) is 22.9 Å². The van der Waals surface area contributed by atoms with Gasteiger partial charge in [-0.25, -0.2) is 9.37 Å². The Morgan fingerprint density at radius 3 is 2.92 bits per heavy atom. The molecule has 1 aliphatic heterocycles. The average Bonchev–Trinajstić information content (AvgIpc) is 3.39. The number of H-pyrrole nitrogens is 1. The van der Waals surface area contributed by atoms with E-state index in [4.69, 9.17) is 0 Å². The first-order valence-electron chi connectivity index (χ1n) is 8.82. The number of halogens is 1. The van der Waals surface area contributed by atoms with Crippen molar-refractivity contribution in [2.24, 2.45) is 7.05 Å². The van der Waals surface area contributed by atoms with Crippen molar-refractivity contribution >= 4 is 22.4 Å². The van der Waals surface area contributed by atoms with Gasteiger partial charge in [0.25, 0.3) is 5.56 Å². The van der Waals surface area contributed by atoms with Crippen molar-refractivity contribution in [3.8, 4) is 0 Å². The van der Waals surface area contributed by atoms with Crippen LogP contribution in [0.2, 0.25) is 0 Å². The van der Waals surface area contributed by atoms with Crippen molar-refractivity contribution < 1.29 is 4.39 Å². The molecule has 3 heterocycles. The van der Waals surface area contributed by atoms with Crippen LogP contribution in [0.1, 0.15) is 18.7 Å². The Hall–Kier alpha value is -2.90. The maximum Gasteiger partial charge on any atom is 0.262 e. The van der Waals surface area contributed by atoms with Crippen molar-refractivity contribution in [2.45, 2.75) is 25.4 Å². The second-order valence-corrected chi connectivity index (χ2v) is 7.00. The molecule has 5 rings (SSSR count). The standard InChI is InChI=1S/C18H19FN6O/c1-23-17-13(9-20-23)18(26)22-16(21-17)10-24-6-7-25(12-3-4-12)15-8-11(19)2-5-14(15)24/h2,5,8-9,12H,3-4,6-7,10H2,1H3,(H,21,22,26). The molecule has 3 aromatic rings. The highest BCUT2D eigenvalue weighted by molar-refractivity contribution is 5.75. The topological polar surface area (TPSA) is 70.1 Å². The summed E-state index contributed by atoms with van der Waals surface area (Å²) >= 11 is 0. The van der Waals surface area contributed by atoms with E-state index in [1.807, 2.05) is 6.07 Å². The zero-order valence-corrected chi connectivity index (χ0v) is 14.4. The molecule has 0 atom stereocenters. The van der Waals surface area contributed by atoms with Crippen LogP contribution < -0.4 is 15.4 Å². The number of anilines is 2. The second-order valence-electron chi connectivity index (χ2n) is 7.00. The molecule has 1 saturated carbocycles. The van der Waals surface area contributed by atoms with Gasteiger partial charge in [0, 0.05) is 26.2 Å². The van der Waals surface area contributed by atoms with E-state index >= 15 is 0 Å². The summed E-state index contributed by atoms with van der Waals surface area (Å²) in [7, 11) is 1.77. The van der Waals surface area contributed by atoms with Gasteiger partial charge < -0.3 is 14.8 Å². The molecule has 1 fully saturated rings. The molecule has 0 amide bonds. The fourth-order valence-electron chi connectivity index (χ4n) is 3.73. The number of aromatic amines is 1. The SMILES string of the molecule is Cn1ncc2c(=O)[nH]c(CN3CCN(C4CC4)c4cc(F)ccc43)nc21. The van der Waals surface area contributed by atoms with E-state index in [1.54, 1.807) is 17.8 Å². The van der Waals surface area contributed by atoms with E-state index in [2.05, 4.69) is 24.9 Å². The lowest BCUT2D eigenvalue weighted by molar-refractivity contribution is 0.620. The van der Waals surface area contributed by atoms with Crippen molar-refractivity contribution in [1.29, 1.82) is 0 Å². The summed E-state index contributed by atoms with van der Waals surface area (Å²) in [5, 5.41) is 4.58. The molecule has 1 aliphatic carbocycles. The van der Waals surface area contributed by atoms with Gasteiger partial charge in [0.15, 0.2) is 5.65 Å². The van der Waals surface area contributed by atoms with Crippen LogP contribution in [0.25, 0.3) is 11.0 Å². The van der Waals surface area contributed by atoms with Gasteiger partial charge in [0.2, 0.25) is 0 Å². The highest BCUT2D eigenvalue weighted by Gasteiger charge is 2.34. The normalized spacial score (nSPS) is 17.0. The minimum Gasteiger partial charge on any atom is -0.365 e. The first-order valence-corrected chi connectivity index (χ1v) is 8.82. The van der Waals surface area contributed by atoms with Crippen LogP contribution in [-0.4, -0.2) is 38.9 Å². The minimum absolute atomic E-state index is 0.186. The van der Waals surface area contributed by atoms with Gasteiger partial charge in [0.05, 0.1) is 24.1 Å². The fourth-order valence-corrected chi connectivity index (χ4v) is 3.73. The lowest BCUT2D eigenvalue weighted by Gasteiger charge is -2.39. The minimum atomic E-state index is -0.223. The van der Waals surface area contributed by atoms with E-state index in [1.165, 1.54) is 25.1 Å². The molecular weight excluding hydrogens is 335 g/mol. The molecule has 134 valence electrons. The predicted octanol–water partition coefficient (Wildman–Crippen LogP) is 1.78. The maximum atomic E-state index is 13.8. The van der Waals surface area contributed by atoms with Gasteiger partial charge in [-0.3, -0.25) is 9.48 Å². The molecule has 0 spiro atoms. The zero-order chi connectivity index (χ0) is 17.8. The quantitative estimate of drug-likeness (QED) is 0.776. The van der Waals surface area contributed by atoms with Gasteiger partial charge in [-0.05, 0) is 31.0 Å². The van der Waals surface area contributed by atoms with Gasteiger partial charge in [-0.15, -0.1) is 0 Å². The molecule has 1 aromatic carbocycles. The summed E-state index contributed by atoms with van der Waals surface area (Å²) in [5.41, 5.74) is 2.30. The van der Waals surface area contributed by atoms with E-state index in [9.17, 15) is 9.18 Å². The third-order valence-corrected chi connectivity index (χ3v) is 5.18. The van der Waals surface area contributed by atoms with E-state index in [0.717, 1.165) is 24.5 Å². The Labute approximate surface area is 149 Å². The summed E-state index contributed by atoms with van der Waals surface area (Å²) in [6.07, 6.45) is 3.86. The van der Waals surface area contributed by atoms with Crippen molar-refractivity contribution in [3.63, 3.8) is 0 Å². The van der Waals surface area contributed by atoms with Crippen molar-refractivity contribution in [3.05, 3.63) is 46.4 Å². The summed E-state index contributed by atoms with van der Waals surface area (Å²) < 4.78 is 15.4. The van der Waals surface area contributed by atoms with Crippen LogP contribution in [0.15, 0.2) is 29.2 Å². The summed E-state index contributed by atoms with van der Waals surface area (Å²) in [5.74, 6) is 0.361. The number of aromatic nitrogens is 4. The van der Waals surface area contributed by atoms with Gasteiger partial charge in [-0.2, -0.15) is 5.10 Å². The average molecular weight is 354 g/mol. The van der Waals surface area contributed by atoms with Gasteiger partial charge in [-0.1, -0.05) is 0 Å². The first kappa shape index (κ1) is 15.4. The van der Waals surface area contributed by atoms with E-state index in [0.29, 0.717) is 29.4 Å². The Morgan fingerprint density at radius 1 is 1.27 bits per heavy atom. The highest BCUT2D eigenvalue weighted by Crippen LogP contribution is 2.40. The number of hydrogen-bond donors (Lipinski definition) is 1. The molecule has 1 N–H and O–H groups in total. The fraction of sp³-hybridized carbons (Fsp3) is 0.389. The Kier molecular flexibility index (Phi) is 3.28. The molecule has 2 aliphatic rings. The third kappa shape index (κ3) is 2.44. The van der Waals surface area contributed by atoms with Crippen LogP contribution >= 0.6 is 0 Å². The number of aryl methyl sites for hydroxylation is 1. The molecule has 0 radical (unpaired) electrons. The Balaban J connectivity index is 1.52. The number of benzene rings is 1. The summed E-state index contributed by atoms with van der Waals surface area (Å²) in [6.45, 7) is 2.12. The highest BCUT2D eigenvalue weighted by atomic mass is 19.1. The first-order chi connectivity index (χ1) is 12.6. The number of nitrogens with zero attached hydrogens (tertiary/aromatic N) is 5. The molecular formula is C18H19FN6O. The van der Waals surface area contributed by atoms with Gasteiger partial charge >= 0.3 is 0 Å². The largest absolute Gasteiger partial charge is 0.365 e. The van der Waals surface area contributed by atoms with Crippen LogP contribution in [0, 0.1) is 5.82 Å². The lowest BCUT2D eigenvalue weighted by Crippen LogP contribution is -2.42. The Bertz CT molecular complexity index is 1050. The van der Waals surface area contributed by atoms with Crippen LogP contribution in [0.4, 0.5) is 15.8 Å². The molecule has 8 heteroatoms. The molecule has 2 aromatic heterocycles. The maximum absolute atomic E-state index is 13.8. The van der Waals surface area contributed by atoms with Gasteiger partial charge in [0.1, 0.15) is 17.0 Å². The molecule has 0 unspecified atom stereocenters. The zero-order valence-electron chi connectivity index (χ0n) is 14.4. The monoisotopic (exact) mass is 354 g/mol. The number of hydrogen-bond acceptors (Lipinski definition) is 5.